The van der Waals surface area contributed by atoms with Crippen molar-refractivity contribution in [2.75, 3.05) is 13.2 Å². The maximum Gasteiger partial charge on any atom is 0.408 e. The standard InChI is InChI=1S/C53H74N4O17/c1-7-33-19-20-35(8-2)68-45(33)72-43-39(27-58)70-47(41(43)60)73-44-40(59)38(56-48(61)53(65)24-34(25-53)55-51(64)74-52(4,5)6)23-30(3)42(44)71-46-37(57-50(63)67-29-32-17-13-10-14-18-32)22-21-36(69-46)26-54-49(62)66-28-31-15-11-9-12-16-31/h9-22,30,33-47,58-60,65H,7-8,23-29H2,1-6H3,(H,54,62)(H,55,64)(H,56,61)(H,57,63). The molecule has 2 aliphatic carbocycles. The Hall–Kier alpha value is -5.20. The molecule has 2 saturated carbocycles. The first-order chi connectivity index (χ1) is 35.3. The summed E-state index contributed by atoms with van der Waals surface area (Å²) in [4.78, 5) is 52.5. The van der Waals surface area contributed by atoms with Gasteiger partial charge in [0.25, 0.3) is 5.91 Å². The van der Waals surface area contributed by atoms with Crippen molar-refractivity contribution >= 4 is 24.2 Å². The van der Waals surface area contributed by atoms with Gasteiger partial charge in [-0.15, -0.1) is 0 Å². The Kier molecular flexibility index (Phi) is 19.5. The minimum absolute atomic E-state index is 0.0301. The molecule has 408 valence electrons. The Morgan fingerprint density at radius 1 is 0.689 bits per heavy atom. The molecule has 5 aliphatic rings. The average molecular weight is 1040 g/mol. The lowest BCUT2D eigenvalue weighted by Crippen LogP contribution is -2.67. The topological polar surface area (TPSA) is 280 Å². The van der Waals surface area contributed by atoms with E-state index in [4.69, 9.17) is 42.6 Å². The number of rotatable bonds is 19. The molecule has 3 aliphatic heterocycles. The molecule has 1 saturated heterocycles. The fraction of sp³-hybridized carbons (Fsp3) is 0.623. The summed E-state index contributed by atoms with van der Waals surface area (Å²) in [5.74, 6) is -1.56. The summed E-state index contributed by atoms with van der Waals surface area (Å²) in [6, 6.07) is 15.6. The fourth-order valence-corrected chi connectivity index (χ4v) is 9.57. The summed E-state index contributed by atoms with van der Waals surface area (Å²) >= 11 is 0. The van der Waals surface area contributed by atoms with Gasteiger partial charge in [0.2, 0.25) is 0 Å². The van der Waals surface area contributed by atoms with Gasteiger partial charge < -0.3 is 84.3 Å². The summed E-state index contributed by atoms with van der Waals surface area (Å²) in [7, 11) is 0. The number of aliphatic hydroxyl groups is 4. The van der Waals surface area contributed by atoms with Crippen molar-refractivity contribution in [3.05, 3.63) is 96.1 Å². The monoisotopic (exact) mass is 1040 g/mol. The van der Waals surface area contributed by atoms with Crippen LogP contribution >= 0.6 is 0 Å². The maximum atomic E-state index is 13.9. The Morgan fingerprint density at radius 3 is 1.92 bits per heavy atom. The zero-order chi connectivity index (χ0) is 53.2. The van der Waals surface area contributed by atoms with Gasteiger partial charge >= 0.3 is 18.3 Å². The minimum atomic E-state index is -1.90. The highest BCUT2D eigenvalue weighted by Gasteiger charge is 2.55. The number of ether oxygens (including phenoxy) is 9. The van der Waals surface area contributed by atoms with Crippen LogP contribution in [0, 0.1) is 11.8 Å². The number of amides is 4. The number of hydrogen-bond donors (Lipinski definition) is 8. The highest BCUT2D eigenvalue weighted by atomic mass is 16.8. The predicted octanol–water partition coefficient (Wildman–Crippen LogP) is 3.74. The lowest BCUT2D eigenvalue weighted by atomic mass is 9.74. The zero-order valence-electron chi connectivity index (χ0n) is 42.8. The number of hydrogen-bond acceptors (Lipinski definition) is 17. The van der Waals surface area contributed by atoms with Crippen LogP contribution in [-0.2, 0) is 60.6 Å². The van der Waals surface area contributed by atoms with Gasteiger partial charge in [0.15, 0.2) is 18.9 Å². The van der Waals surface area contributed by atoms with Crippen molar-refractivity contribution in [2.24, 2.45) is 11.8 Å². The van der Waals surface area contributed by atoms with Crippen molar-refractivity contribution in [3.8, 4) is 0 Å². The molecular weight excluding hydrogens is 965 g/mol. The molecule has 3 heterocycles. The highest BCUT2D eigenvalue weighted by Crippen LogP contribution is 2.39. The third kappa shape index (κ3) is 15.0. The van der Waals surface area contributed by atoms with E-state index < -0.39 is 128 Å². The first kappa shape index (κ1) is 56.5. The summed E-state index contributed by atoms with van der Waals surface area (Å²) in [6.45, 7) is 10.2. The first-order valence-electron chi connectivity index (χ1n) is 25.6. The molecular formula is C53H74N4O17. The fourth-order valence-electron chi connectivity index (χ4n) is 9.57. The van der Waals surface area contributed by atoms with Crippen LogP contribution in [0.5, 0.6) is 0 Å². The SMILES string of the molecule is CCC1C=CC(CC)C(OC2C(CO)OC(OC3C(O)C(NC(=O)C4(O)CC(NC(=O)OC(C)(C)C)C4)CC(C)C3OC3OC(CNC(=O)OCc4ccccc4)C=CC3NC(=O)OCc3ccccc3)C2O)O1. The normalized spacial score (nSPS) is 34.7. The van der Waals surface area contributed by atoms with Gasteiger partial charge in [-0.25, -0.2) is 14.4 Å². The van der Waals surface area contributed by atoms with Gasteiger partial charge in [-0.3, -0.25) is 4.79 Å². The average Bonchev–Trinajstić information content (AvgIpc) is 3.66. The molecule has 8 N–H and O–H groups in total. The quantitative estimate of drug-likeness (QED) is 0.0735. The van der Waals surface area contributed by atoms with Crippen molar-refractivity contribution in [1.29, 1.82) is 0 Å². The van der Waals surface area contributed by atoms with Gasteiger partial charge in [0.1, 0.15) is 61.0 Å². The third-order valence-electron chi connectivity index (χ3n) is 13.6. The summed E-state index contributed by atoms with van der Waals surface area (Å²) in [5, 5.41) is 57.1. The molecule has 2 aromatic carbocycles. The maximum absolute atomic E-state index is 13.9. The molecule has 7 rings (SSSR count). The van der Waals surface area contributed by atoms with Crippen LogP contribution in [0.25, 0.3) is 0 Å². The lowest BCUT2D eigenvalue weighted by Gasteiger charge is -2.48. The number of carbonyl (C=O) groups excluding carboxylic acids is 4. The third-order valence-corrected chi connectivity index (χ3v) is 13.6. The molecule has 4 amide bonds. The Bertz CT molecular complexity index is 2210. The number of nitrogens with one attached hydrogen (secondary N) is 4. The largest absolute Gasteiger partial charge is 0.445 e. The smallest absolute Gasteiger partial charge is 0.408 e. The van der Waals surface area contributed by atoms with Crippen LogP contribution in [0.2, 0.25) is 0 Å². The van der Waals surface area contributed by atoms with E-state index in [1.807, 2.05) is 74.5 Å². The van der Waals surface area contributed by atoms with Crippen LogP contribution < -0.4 is 21.3 Å². The Morgan fingerprint density at radius 2 is 1.30 bits per heavy atom. The van der Waals surface area contributed by atoms with E-state index in [0.29, 0.717) is 12.8 Å². The Labute approximate surface area is 431 Å². The molecule has 0 bridgehead atoms. The summed E-state index contributed by atoms with van der Waals surface area (Å²) in [5.41, 5.74) is -1.12. The predicted molar refractivity (Wildman–Crippen MR) is 263 cm³/mol. The molecule has 74 heavy (non-hydrogen) atoms. The van der Waals surface area contributed by atoms with Gasteiger partial charge in [-0.2, -0.15) is 0 Å². The molecule has 2 aromatic rings. The molecule has 0 radical (unpaired) electrons. The lowest BCUT2D eigenvalue weighted by molar-refractivity contribution is -0.287. The van der Waals surface area contributed by atoms with Gasteiger partial charge in [0.05, 0.1) is 37.5 Å². The van der Waals surface area contributed by atoms with E-state index in [1.54, 1.807) is 52.0 Å². The van der Waals surface area contributed by atoms with E-state index in [1.165, 1.54) is 0 Å². The van der Waals surface area contributed by atoms with Crippen molar-refractivity contribution < 1.29 is 82.2 Å². The highest BCUT2D eigenvalue weighted by molar-refractivity contribution is 5.87. The van der Waals surface area contributed by atoms with Crippen LogP contribution in [0.4, 0.5) is 14.4 Å². The molecule has 15 unspecified atom stereocenters. The van der Waals surface area contributed by atoms with Gasteiger partial charge in [-0.1, -0.05) is 106 Å². The van der Waals surface area contributed by atoms with Crippen molar-refractivity contribution in [1.82, 2.24) is 21.3 Å². The van der Waals surface area contributed by atoms with Gasteiger partial charge in [0, 0.05) is 24.8 Å². The molecule has 15 atom stereocenters. The van der Waals surface area contributed by atoms with Crippen LogP contribution in [0.3, 0.4) is 0 Å². The van der Waals surface area contributed by atoms with Gasteiger partial charge in [-0.05, 0) is 57.1 Å². The van der Waals surface area contributed by atoms with E-state index in [2.05, 4.69) is 21.3 Å². The van der Waals surface area contributed by atoms with E-state index in [-0.39, 0.29) is 51.0 Å². The second-order valence-electron chi connectivity index (χ2n) is 20.6. The van der Waals surface area contributed by atoms with E-state index in [0.717, 1.165) is 11.1 Å². The molecule has 0 aromatic heterocycles. The molecule has 0 spiro atoms. The van der Waals surface area contributed by atoms with E-state index in [9.17, 15) is 39.6 Å². The molecule has 3 fully saturated rings. The second-order valence-corrected chi connectivity index (χ2v) is 20.6. The number of carbonyl (C=O) groups is 4. The summed E-state index contributed by atoms with van der Waals surface area (Å²) in [6.07, 6.45) is -6.50. The van der Waals surface area contributed by atoms with Crippen LogP contribution in [0.15, 0.2) is 85.0 Å². The van der Waals surface area contributed by atoms with E-state index >= 15 is 0 Å². The number of alkyl carbamates (subject to hydrolysis) is 3. The summed E-state index contributed by atoms with van der Waals surface area (Å²) < 4.78 is 54.7. The van der Waals surface area contributed by atoms with Crippen molar-refractivity contribution in [3.63, 3.8) is 0 Å². The number of benzene rings is 2. The second kappa shape index (κ2) is 25.6. The Balaban J connectivity index is 1.10. The van der Waals surface area contributed by atoms with Crippen LogP contribution in [0.1, 0.15) is 84.8 Å². The van der Waals surface area contributed by atoms with Crippen molar-refractivity contribution in [2.45, 2.75) is 184 Å². The minimum Gasteiger partial charge on any atom is -0.445 e. The van der Waals surface area contributed by atoms with Crippen LogP contribution in [-0.4, -0.2) is 155 Å². The molecule has 21 nitrogen and oxygen atoms in total. The zero-order valence-corrected chi connectivity index (χ0v) is 42.8. The first-order valence-corrected chi connectivity index (χ1v) is 25.6. The molecule has 21 heteroatoms. The number of aliphatic hydroxyl groups excluding tert-OH is 3.